The van der Waals surface area contributed by atoms with Gasteiger partial charge in [-0.2, -0.15) is 0 Å². The zero-order valence-electron chi connectivity index (χ0n) is 12.0. The van der Waals surface area contributed by atoms with E-state index in [0.717, 1.165) is 24.9 Å². The summed E-state index contributed by atoms with van der Waals surface area (Å²) in [6.45, 7) is 0.658. The van der Waals surface area contributed by atoms with Crippen LogP contribution in [-0.2, 0) is 9.57 Å². The molecule has 2 heterocycles. The maximum absolute atomic E-state index is 12.3. The van der Waals surface area contributed by atoms with Crippen LogP contribution in [0.3, 0.4) is 0 Å². The Bertz CT molecular complexity index is 690. The van der Waals surface area contributed by atoms with E-state index in [0.29, 0.717) is 17.1 Å². The first kappa shape index (κ1) is 15.0. The van der Waals surface area contributed by atoms with Crippen molar-refractivity contribution in [1.29, 1.82) is 0 Å². The molecule has 1 fully saturated rings. The second kappa shape index (κ2) is 6.87. The number of carbonyl (C=O) groups is 1. The first-order chi connectivity index (χ1) is 10.8. The molecular weight excluding hydrogens is 302 g/mol. The van der Waals surface area contributed by atoms with Crippen LogP contribution in [0.2, 0.25) is 0 Å². The normalized spacial score (nSPS) is 18.1. The molecule has 0 saturated carbocycles. The summed E-state index contributed by atoms with van der Waals surface area (Å²) >= 11 is 5.25. The van der Waals surface area contributed by atoms with Crippen LogP contribution in [0.1, 0.15) is 29.8 Å². The number of ether oxygens (including phenoxy) is 1. The number of benzene rings is 1. The Hall–Kier alpha value is -1.96. The smallest absolute Gasteiger partial charge is 0.293 e. The van der Waals surface area contributed by atoms with Gasteiger partial charge in [0.15, 0.2) is 11.1 Å². The number of H-pyrrole nitrogens is 1. The van der Waals surface area contributed by atoms with Gasteiger partial charge < -0.3 is 9.72 Å². The summed E-state index contributed by atoms with van der Waals surface area (Å²) in [5, 5.41) is 0. The van der Waals surface area contributed by atoms with E-state index in [-0.39, 0.29) is 12.2 Å². The lowest BCUT2D eigenvalue weighted by Crippen LogP contribution is -2.33. The highest BCUT2D eigenvalue weighted by molar-refractivity contribution is 7.71. The van der Waals surface area contributed by atoms with Gasteiger partial charge >= 0.3 is 0 Å². The van der Waals surface area contributed by atoms with E-state index < -0.39 is 0 Å². The Balaban J connectivity index is 1.74. The standard InChI is InChI=1S/C15H17N3O3S/c19-14(17-21-13-8-4-5-9-20-13)12-10-16-15(22)18(12)11-6-2-1-3-7-11/h1-3,6-7,10,13H,4-5,8-9H2,(H,16,22)(H,17,19)/t13-/m0/s1. The van der Waals surface area contributed by atoms with Gasteiger partial charge in [-0.3, -0.25) is 9.36 Å². The fourth-order valence-electron chi connectivity index (χ4n) is 2.34. The molecule has 1 aromatic heterocycles. The molecule has 6 nitrogen and oxygen atoms in total. The quantitative estimate of drug-likeness (QED) is 0.671. The molecule has 1 amide bonds. The van der Waals surface area contributed by atoms with Gasteiger partial charge in [0.05, 0.1) is 0 Å². The third-order valence-electron chi connectivity index (χ3n) is 3.44. The van der Waals surface area contributed by atoms with Crippen molar-refractivity contribution < 1.29 is 14.4 Å². The molecule has 116 valence electrons. The fourth-order valence-corrected chi connectivity index (χ4v) is 2.61. The van der Waals surface area contributed by atoms with Gasteiger partial charge in [-0.25, -0.2) is 10.3 Å². The molecule has 0 unspecified atom stereocenters. The van der Waals surface area contributed by atoms with Crippen LogP contribution >= 0.6 is 12.2 Å². The summed E-state index contributed by atoms with van der Waals surface area (Å²) in [7, 11) is 0. The summed E-state index contributed by atoms with van der Waals surface area (Å²) in [5.41, 5.74) is 3.64. The molecule has 0 spiro atoms. The predicted molar refractivity (Wildman–Crippen MR) is 83.1 cm³/mol. The van der Waals surface area contributed by atoms with Gasteiger partial charge in [0.1, 0.15) is 5.69 Å². The van der Waals surface area contributed by atoms with Gasteiger partial charge in [0.25, 0.3) is 5.91 Å². The number of imidazole rings is 1. The summed E-state index contributed by atoms with van der Waals surface area (Å²) < 4.78 is 7.52. The van der Waals surface area contributed by atoms with Crippen molar-refractivity contribution in [3.05, 3.63) is 47.0 Å². The summed E-state index contributed by atoms with van der Waals surface area (Å²) in [4.78, 5) is 20.5. The number of para-hydroxylation sites is 1. The number of rotatable bonds is 4. The van der Waals surface area contributed by atoms with Gasteiger partial charge in [-0.1, -0.05) is 18.2 Å². The largest absolute Gasteiger partial charge is 0.350 e. The average molecular weight is 319 g/mol. The van der Waals surface area contributed by atoms with Gasteiger partial charge in [-0.15, -0.1) is 0 Å². The van der Waals surface area contributed by atoms with Crippen molar-refractivity contribution in [3.63, 3.8) is 0 Å². The second-order valence-corrected chi connectivity index (χ2v) is 5.38. The van der Waals surface area contributed by atoms with E-state index in [1.807, 2.05) is 30.3 Å². The van der Waals surface area contributed by atoms with Crippen LogP contribution in [0.5, 0.6) is 0 Å². The molecule has 0 radical (unpaired) electrons. The number of nitrogens with zero attached hydrogens (tertiary/aromatic N) is 1. The number of amides is 1. The third kappa shape index (κ3) is 3.27. The Morgan fingerprint density at radius 1 is 1.36 bits per heavy atom. The second-order valence-electron chi connectivity index (χ2n) is 5.00. The number of hydrogen-bond acceptors (Lipinski definition) is 4. The number of hydroxylamine groups is 1. The lowest BCUT2D eigenvalue weighted by Gasteiger charge is -2.22. The maximum atomic E-state index is 12.3. The Morgan fingerprint density at radius 2 is 2.18 bits per heavy atom. The SMILES string of the molecule is O=C(NO[C@H]1CCCCO1)c1c[nH]c(=S)n1-c1ccccc1. The Morgan fingerprint density at radius 3 is 2.91 bits per heavy atom. The number of nitrogens with one attached hydrogen (secondary N) is 2. The molecule has 1 atom stereocenters. The van der Waals surface area contributed by atoms with E-state index in [1.165, 1.54) is 0 Å². The number of aromatic amines is 1. The maximum Gasteiger partial charge on any atom is 0.293 e. The Labute approximate surface area is 133 Å². The fraction of sp³-hybridized carbons (Fsp3) is 0.333. The van der Waals surface area contributed by atoms with Crippen molar-refractivity contribution >= 4 is 18.1 Å². The van der Waals surface area contributed by atoms with E-state index in [4.69, 9.17) is 21.8 Å². The van der Waals surface area contributed by atoms with Gasteiger partial charge in [0, 0.05) is 24.9 Å². The highest BCUT2D eigenvalue weighted by Crippen LogP contribution is 2.14. The van der Waals surface area contributed by atoms with Crippen LogP contribution in [0, 0.1) is 4.77 Å². The summed E-state index contributed by atoms with van der Waals surface area (Å²) in [5.74, 6) is -0.370. The van der Waals surface area contributed by atoms with E-state index in [9.17, 15) is 4.79 Å². The van der Waals surface area contributed by atoms with Crippen LogP contribution in [-0.4, -0.2) is 28.4 Å². The number of carbonyl (C=O) groups excluding carboxylic acids is 1. The van der Waals surface area contributed by atoms with E-state index >= 15 is 0 Å². The molecule has 1 aliphatic heterocycles. The molecule has 1 saturated heterocycles. The monoisotopic (exact) mass is 319 g/mol. The van der Waals surface area contributed by atoms with Crippen molar-refractivity contribution in [2.24, 2.45) is 0 Å². The van der Waals surface area contributed by atoms with E-state index in [1.54, 1.807) is 10.8 Å². The van der Waals surface area contributed by atoms with Crippen LogP contribution < -0.4 is 5.48 Å². The highest BCUT2D eigenvalue weighted by atomic mass is 32.1. The minimum Gasteiger partial charge on any atom is -0.350 e. The number of aromatic nitrogens is 2. The lowest BCUT2D eigenvalue weighted by atomic mass is 10.2. The molecule has 1 aromatic carbocycles. The molecule has 2 N–H and O–H groups in total. The zero-order valence-corrected chi connectivity index (χ0v) is 12.8. The van der Waals surface area contributed by atoms with Crippen LogP contribution in [0.15, 0.2) is 36.5 Å². The molecule has 22 heavy (non-hydrogen) atoms. The lowest BCUT2D eigenvalue weighted by molar-refractivity contribution is -0.186. The van der Waals surface area contributed by atoms with Crippen LogP contribution in [0.4, 0.5) is 0 Å². The average Bonchev–Trinajstić information content (AvgIpc) is 2.96. The Kier molecular flexibility index (Phi) is 4.67. The molecule has 7 heteroatoms. The minimum atomic E-state index is -0.384. The molecular formula is C15H17N3O3S. The topological polar surface area (TPSA) is 68.3 Å². The molecule has 2 aromatic rings. The van der Waals surface area contributed by atoms with Crippen molar-refractivity contribution in [3.8, 4) is 5.69 Å². The van der Waals surface area contributed by atoms with Gasteiger partial charge in [0.2, 0.25) is 0 Å². The highest BCUT2D eigenvalue weighted by Gasteiger charge is 2.19. The first-order valence-corrected chi connectivity index (χ1v) is 7.60. The third-order valence-corrected chi connectivity index (χ3v) is 3.74. The summed E-state index contributed by atoms with van der Waals surface area (Å²) in [6, 6.07) is 9.44. The first-order valence-electron chi connectivity index (χ1n) is 7.19. The molecule has 1 aliphatic rings. The minimum absolute atomic E-state index is 0.370. The predicted octanol–water partition coefficient (Wildman–Crippen LogP) is 2.72. The zero-order chi connectivity index (χ0) is 15.4. The van der Waals surface area contributed by atoms with Crippen molar-refractivity contribution in [2.45, 2.75) is 25.6 Å². The van der Waals surface area contributed by atoms with Crippen LogP contribution in [0.25, 0.3) is 5.69 Å². The van der Waals surface area contributed by atoms with E-state index in [2.05, 4.69) is 10.5 Å². The molecule has 0 bridgehead atoms. The van der Waals surface area contributed by atoms with Crippen molar-refractivity contribution in [1.82, 2.24) is 15.0 Å². The summed E-state index contributed by atoms with van der Waals surface area (Å²) in [6.07, 6.45) is 4.02. The van der Waals surface area contributed by atoms with Crippen molar-refractivity contribution in [2.75, 3.05) is 6.61 Å². The molecule has 3 rings (SSSR count). The van der Waals surface area contributed by atoms with Gasteiger partial charge in [-0.05, 0) is 37.2 Å². The molecule has 0 aliphatic carbocycles. The number of hydrogen-bond donors (Lipinski definition) is 2.